The molecule has 0 saturated heterocycles. The fourth-order valence-corrected chi connectivity index (χ4v) is 3.45. The van der Waals surface area contributed by atoms with Gasteiger partial charge in [-0.1, -0.05) is 58.1 Å². The average molecular weight is 491 g/mol. The molecule has 0 radical (unpaired) electrons. The van der Waals surface area contributed by atoms with Gasteiger partial charge >= 0.3 is 5.97 Å². The molecule has 0 aliphatic rings. The van der Waals surface area contributed by atoms with Crippen molar-refractivity contribution in [2.75, 3.05) is 52.9 Å². The molecule has 0 fully saturated rings. The highest BCUT2D eigenvalue weighted by atomic mass is 16.5. The Balaban J connectivity index is 4.42. The van der Waals surface area contributed by atoms with Crippen LogP contribution in [0.1, 0.15) is 72.6 Å². The molecule has 0 bridgehead atoms. The van der Waals surface area contributed by atoms with Crippen LogP contribution in [0.5, 0.6) is 0 Å². The molecule has 1 atom stereocenters. The van der Waals surface area contributed by atoms with Crippen LogP contribution in [-0.2, 0) is 14.3 Å². The first-order valence-corrected chi connectivity index (χ1v) is 12.5. The Morgan fingerprint density at radius 1 is 0.794 bits per heavy atom. The Bertz CT molecular complexity index is 545. The summed E-state index contributed by atoms with van der Waals surface area (Å²) in [6.45, 7) is 5.83. The van der Waals surface area contributed by atoms with Gasteiger partial charge in [-0.05, 0) is 31.6 Å². The second-order valence-corrected chi connectivity index (χ2v) is 10.5. The lowest BCUT2D eigenvalue weighted by molar-refractivity contribution is -0.153. The number of aliphatic hydroxyl groups excluding tert-OH is 5. The summed E-state index contributed by atoms with van der Waals surface area (Å²) < 4.78 is 10.7. The maximum Gasteiger partial charge on any atom is 0.309 e. The third-order valence-electron chi connectivity index (χ3n) is 6.40. The normalized spacial score (nSPS) is 14.0. The lowest BCUT2D eigenvalue weighted by atomic mass is 9.90. The first kappa shape index (κ1) is 33.0. The van der Waals surface area contributed by atoms with Gasteiger partial charge < -0.3 is 35.0 Å². The van der Waals surface area contributed by atoms with Crippen LogP contribution < -0.4 is 0 Å². The molecule has 0 saturated carbocycles. The number of aliphatic hydroxyl groups is 5. The summed E-state index contributed by atoms with van der Waals surface area (Å²) in [6, 6.07) is 0. The summed E-state index contributed by atoms with van der Waals surface area (Å²) in [5.41, 5.74) is -1.30. The van der Waals surface area contributed by atoms with Crippen LogP contribution in [-0.4, -0.2) is 84.4 Å². The second kappa shape index (κ2) is 18.3. The minimum Gasteiger partial charge on any atom is -0.465 e. The first-order chi connectivity index (χ1) is 16.1. The summed E-state index contributed by atoms with van der Waals surface area (Å²) in [5, 5.41) is 47.6. The van der Waals surface area contributed by atoms with Crippen molar-refractivity contribution in [1.82, 2.24) is 0 Å². The van der Waals surface area contributed by atoms with Crippen molar-refractivity contribution in [1.29, 1.82) is 0 Å². The predicted octanol–water partition coefficient (Wildman–Crippen LogP) is 2.45. The minimum absolute atomic E-state index is 0.117. The number of esters is 1. The van der Waals surface area contributed by atoms with Gasteiger partial charge in [-0.25, -0.2) is 0 Å². The molecular weight excluding hydrogens is 440 g/mol. The standard InChI is InChI=1S/C26H50O8/c1-21(2)7-5-8-22(3)9-6-10-23(4)11-12-24(32)34-20-26(16-30,17-31)19-33-18-25(13-27,14-28)15-29/h11,21-22,27-31H,5-10,12-20H2,1-4H3. The fourth-order valence-electron chi connectivity index (χ4n) is 3.45. The van der Waals surface area contributed by atoms with Crippen molar-refractivity contribution in [3.8, 4) is 0 Å². The van der Waals surface area contributed by atoms with Crippen LogP contribution in [0.3, 0.4) is 0 Å². The Morgan fingerprint density at radius 3 is 1.85 bits per heavy atom. The lowest BCUT2D eigenvalue weighted by Gasteiger charge is -2.32. The highest BCUT2D eigenvalue weighted by Gasteiger charge is 2.34. The molecule has 0 aliphatic carbocycles. The molecule has 0 aliphatic heterocycles. The van der Waals surface area contributed by atoms with Gasteiger partial charge in [0.15, 0.2) is 0 Å². The van der Waals surface area contributed by atoms with Crippen LogP contribution in [0.4, 0.5) is 0 Å². The van der Waals surface area contributed by atoms with E-state index in [0.29, 0.717) is 5.92 Å². The molecule has 1 unspecified atom stereocenters. The Kier molecular flexibility index (Phi) is 17.7. The third-order valence-corrected chi connectivity index (χ3v) is 6.40. The molecule has 202 valence electrons. The van der Waals surface area contributed by atoms with Gasteiger partial charge in [-0.15, -0.1) is 0 Å². The molecule has 8 heteroatoms. The van der Waals surface area contributed by atoms with Crippen LogP contribution in [0.2, 0.25) is 0 Å². The first-order valence-electron chi connectivity index (χ1n) is 12.5. The molecule has 34 heavy (non-hydrogen) atoms. The predicted molar refractivity (Wildman–Crippen MR) is 132 cm³/mol. The number of rotatable bonds is 21. The number of carbonyl (C=O) groups excluding carboxylic acids is 1. The van der Waals surface area contributed by atoms with Crippen molar-refractivity contribution in [3.05, 3.63) is 11.6 Å². The average Bonchev–Trinajstić information content (AvgIpc) is 2.83. The maximum absolute atomic E-state index is 12.2. The summed E-state index contributed by atoms with van der Waals surface area (Å²) in [5.74, 6) is 1.01. The van der Waals surface area contributed by atoms with Crippen LogP contribution in [0, 0.1) is 22.7 Å². The number of carbonyl (C=O) groups is 1. The summed E-state index contributed by atoms with van der Waals surface area (Å²) in [6.07, 6.45) is 9.00. The SMILES string of the molecule is CC(=CCC(=O)OCC(CO)(CO)COCC(CO)(CO)CO)CCCC(C)CCCC(C)C. The Labute approximate surface area is 206 Å². The fraction of sp³-hybridized carbons (Fsp3) is 0.885. The van der Waals surface area contributed by atoms with E-state index in [1.165, 1.54) is 25.7 Å². The quantitative estimate of drug-likeness (QED) is 0.122. The summed E-state index contributed by atoms with van der Waals surface area (Å²) in [4.78, 5) is 12.2. The van der Waals surface area contributed by atoms with Crippen molar-refractivity contribution in [2.45, 2.75) is 72.6 Å². The Morgan fingerprint density at radius 2 is 1.32 bits per heavy atom. The molecular formula is C26H50O8. The number of hydrogen-bond acceptors (Lipinski definition) is 8. The van der Waals surface area contributed by atoms with Crippen LogP contribution in [0.15, 0.2) is 11.6 Å². The molecule has 0 amide bonds. The zero-order valence-corrected chi connectivity index (χ0v) is 21.8. The number of allylic oxidation sites excluding steroid dienone is 1. The number of ether oxygens (including phenoxy) is 2. The van der Waals surface area contributed by atoms with E-state index in [4.69, 9.17) is 9.47 Å². The van der Waals surface area contributed by atoms with E-state index in [2.05, 4.69) is 20.8 Å². The topological polar surface area (TPSA) is 137 Å². The van der Waals surface area contributed by atoms with Gasteiger partial charge in [0.1, 0.15) is 6.61 Å². The summed E-state index contributed by atoms with van der Waals surface area (Å²) in [7, 11) is 0. The largest absolute Gasteiger partial charge is 0.465 e. The molecule has 0 heterocycles. The van der Waals surface area contributed by atoms with Crippen LogP contribution >= 0.6 is 0 Å². The highest BCUT2D eigenvalue weighted by molar-refractivity contribution is 5.71. The van der Waals surface area contributed by atoms with Crippen molar-refractivity contribution in [3.63, 3.8) is 0 Å². The monoisotopic (exact) mass is 490 g/mol. The lowest BCUT2D eigenvalue weighted by Crippen LogP contribution is -2.44. The maximum atomic E-state index is 12.2. The van der Waals surface area contributed by atoms with Gasteiger partial charge in [0.2, 0.25) is 0 Å². The zero-order chi connectivity index (χ0) is 26.0. The van der Waals surface area contributed by atoms with Gasteiger partial charge in [-0.2, -0.15) is 0 Å². The molecule has 0 rings (SSSR count). The van der Waals surface area contributed by atoms with E-state index in [9.17, 15) is 30.3 Å². The van der Waals surface area contributed by atoms with Gasteiger partial charge in [0, 0.05) is 0 Å². The van der Waals surface area contributed by atoms with E-state index < -0.39 is 49.8 Å². The van der Waals surface area contributed by atoms with Gasteiger partial charge in [-0.3, -0.25) is 4.79 Å². The number of hydrogen-bond donors (Lipinski definition) is 5. The molecule has 8 nitrogen and oxygen atoms in total. The van der Waals surface area contributed by atoms with Crippen LogP contribution in [0.25, 0.3) is 0 Å². The highest BCUT2D eigenvalue weighted by Crippen LogP contribution is 2.22. The van der Waals surface area contributed by atoms with E-state index >= 15 is 0 Å². The second-order valence-electron chi connectivity index (χ2n) is 10.5. The van der Waals surface area contributed by atoms with Crippen molar-refractivity contribution < 1.29 is 39.8 Å². The smallest absolute Gasteiger partial charge is 0.309 e. The molecule has 0 aromatic carbocycles. The molecule has 0 aromatic rings. The van der Waals surface area contributed by atoms with E-state index in [1.54, 1.807) is 0 Å². The molecule has 5 N–H and O–H groups in total. The van der Waals surface area contributed by atoms with Crippen molar-refractivity contribution >= 4 is 5.97 Å². The van der Waals surface area contributed by atoms with E-state index in [0.717, 1.165) is 24.3 Å². The molecule has 0 aromatic heterocycles. The molecule has 0 spiro atoms. The van der Waals surface area contributed by atoms with Gasteiger partial charge in [0.25, 0.3) is 0 Å². The summed E-state index contributed by atoms with van der Waals surface area (Å²) >= 11 is 0. The zero-order valence-electron chi connectivity index (χ0n) is 21.8. The Hall–Kier alpha value is -1.03. The minimum atomic E-state index is -1.22. The van der Waals surface area contributed by atoms with E-state index in [1.807, 2.05) is 13.0 Å². The van der Waals surface area contributed by atoms with Gasteiger partial charge in [0.05, 0.1) is 63.5 Å². The third kappa shape index (κ3) is 13.8. The van der Waals surface area contributed by atoms with E-state index in [-0.39, 0.29) is 26.2 Å². The van der Waals surface area contributed by atoms with Crippen molar-refractivity contribution in [2.24, 2.45) is 22.7 Å².